The zero-order valence-electron chi connectivity index (χ0n) is 35.0. The summed E-state index contributed by atoms with van der Waals surface area (Å²) in [5.74, 6) is 4.62. The van der Waals surface area contributed by atoms with Gasteiger partial charge in [0.1, 0.15) is 29.9 Å². The molecular weight excluding hydrogens is 815 g/mol. The van der Waals surface area contributed by atoms with E-state index < -0.39 is 42.0 Å². The molecule has 4 saturated heterocycles. The molecule has 2 N–H and O–H groups in total. The first-order valence-electron chi connectivity index (χ1n) is 22.1. The van der Waals surface area contributed by atoms with Gasteiger partial charge < -0.3 is 29.5 Å². The maximum absolute atomic E-state index is 14.3. The number of ether oxygens (including phenoxy) is 2. The minimum absolute atomic E-state index is 0.0121. The van der Waals surface area contributed by atoms with Crippen molar-refractivity contribution in [2.75, 3.05) is 56.2 Å². The molecule has 2 bridgehead atoms. The SMILES string of the molecule is CN1C(=O)C(C2CCC(=O)NC2=O)c2cc(C#CCOC3CCN(CC4CCC(C5N=C(NC(=O)c6cnn7ccc(N8C[C@H]9C[C@@H]8CO9)nc67)C(C(F)F)=N5)CC4)CC3)ccc21. The van der Waals surface area contributed by atoms with Crippen LogP contribution >= 0.6 is 0 Å². The Hall–Kier alpha value is -5.64. The molecule has 1 aromatic carbocycles. The number of likely N-dealkylation sites (tertiary alicyclic amines) is 1. The number of aliphatic imine (C=N–C) groups is 2. The summed E-state index contributed by atoms with van der Waals surface area (Å²) in [6.07, 6.45) is 6.70. The topological polar surface area (TPSA) is 175 Å². The number of amidine groups is 1. The number of nitrogens with zero attached hydrogens (tertiary/aromatic N) is 8. The molecule has 5 fully saturated rings. The molecule has 0 spiro atoms. The molecule has 10 rings (SSSR count). The van der Waals surface area contributed by atoms with Crippen LogP contribution < -0.4 is 20.4 Å². The fourth-order valence-corrected chi connectivity index (χ4v) is 10.6. The predicted octanol–water partition coefficient (Wildman–Crippen LogP) is 3.33. The van der Waals surface area contributed by atoms with Gasteiger partial charge in [-0.3, -0.25) is 29.5 Å². The van der Waals surface area contributed by atoms with Gasteiger partial charge in [0, 0.05) is 63.0 Å². The number of amides is 4. The summed E-state index contributed by atoms with van der Waals surface area (Å²) in [5, 5.41) is 9.27. The van der Waals surface area contributed by atoms with E-state index in [9.17, 15) is 28.0 Å². The monoisotopic (exact) mass is 864 g/mol. The number of piperidine rings is 2. The number of rotatable bonds is 9. The van der Waals surface area contributed by atoms with Crippen LogP contribution in [0.5, 0.6) is 0 Å². The van der Waals surface area contributed by atoms with E-state index in [-0.39, 0.29) is 60.4 Å². The Morgan fingerprint density at radius 2 is 1.89 bits per heavy atom. The van der Waals surface area contributed by atoms with E-state index in [0.29, 0.717) is 24.6 Å². The number of carbonyl (C=O) groups excluding carboxylic acids is 4. The number of carbonyl (C=O) groups is 4. The summed E-state index contributed by atoms with van der Waals surface area (Å²) >= 11 is 0. The molecule has 18 heteroatoms. The number of benzene rings is 1. The second kappa shape index (κ2) is 17.1. The Bertz CT molecular complexity index is 2450. The van der Waals surface area contributed by atoms with Crippen molar-refractivity contribution in [1.82, 2.24) is 30.1 Å². The van der Waals surface area contributed by atoms with Gasteiger partial charge in [-0.25, -0.2) is 23.3 Å². The largest absolute Gasteiger partial charge is 0.374 e. The Kier molecular flexibility index (Phi) is 11.3. The third-order valence-corrected chi connectivity index (χ3v) is 14.0. The number of aromatic nitrogens is 3. The van der Waals surface area contributed by atoms with Crippen molar-refractivity contribution in [1.29, 1.82) is 0 Å². The lowest BCUT2D eigenvalue weighted by atomic mass is 9.80. The van der Waals surface area contributed by atoms with Crippen LogP contribution in [0.2, 0.25) is 0 Å². The maximum atomic E-state index is 14.3. The van der Waals surface area contributed by atoms with Gasteiger partial charge in [0.25, 0.3) is 12.3 Å². The van der Waals surface area contributed by atoms with Crippen LogP contribution in [0.1, 0.15) is 85.2 Å². The highest BCUT2D eigenvalue weighted by Gasteiger charge is 2.45. The molecule has 7 aliphatic rings. The zero-order valence-corrected chi connectivity index (χ0v) is 35.0. The second-order valence-corrected chi connectivity index (χ2v) is 17.9. The van der Waals surface area contributed by atoms with Gasteiger partial charge in [0.2, 0.25) is 17.7 Å². The van der Waals surface area contributed by atoms with Crippen LogP contribution in [0.3, 0.4) is 0 Å². The van der Waals surface area contributed by atoms with Gasteiger partial charge in [-0.15, -0.1) is 0 Å². The molecule has 2 aromatic heterocycles. The van der Waals surface area contributed by atoms with Gasteiger partial charge in [-0.2, -0.15) is 5.10 Å². The van der Waals surface area contributed by atoms with Gasteiger partial charge in [-0.1, -0.05) is 11.8 Å². The third-order valence-electron chi connectivity index (χ3n) is 14.0. The van der Waals surface area contributed by atoms with E-state index >= 15 is 0 Å². The smallest absolute Gasteiger partial charge is 0.283 e. The van der Waals surface area contributed by atoms with Crippen molar-refractivity contribution in [3.05, 3.63) is 53.3 Å². The first-order valence-corrected chi connectivity index (χ1v) is 22.1. The number of nitrogens with one attached hydrogen (secondary N) is 2. The predicted molar refractivity (Wildman–Crippen MR) is 227 cm³/mol. The molecule has 5 atom stereocenters. The van der Waals surface area contributed by atoms with E-state index in [2.05, 4.69) is 47.4 Å². The number of anilines is 2. The zero-order chi connectivity index (χ0) is 43.4. The summed E-state index contributed by atoms with van der Waals surface area (Å²) in [5.41, 5.74) is 2.27. The fraction of sp³-hybridized carbons (Fsp3) is 0.556. The number of alkyl halides is 2. The molecule has 1 aliphatic carbocycles. The summed E-state index contributed by atoms with van der Waals surface area (Å²) in [7, 11) is 1.70. The van der Waals surface area contributed by atoms with Gasteiger partial charge in [0.15, 0.2) is 11.5 Å². The van der Waals surface area contributed by atoms with E-state index in [0.717, 1.165) is 93.8 Å². The Morgan fingerprint density at radius 1 is 1.06 bits per heavy atom. The van der Waals surface area contributed by atoms with Crippen LogP contribution in [-0.4, -0.2) is 132 Å². The lowest BCUT2D eigenvalue weighted by Crippen LogP contribution is -2.44. The minimum atomic E-state index is -2.88. The average molecular weight is 865 g/mol. The number of imide groups is 1. The number of halogens is 2. The Morgan fingerprint density at radius 3 is 2.63 bits per heavy atom. The van der Waals surface area contributed by atoms with Crippen LogP contribution in [0.4, 0.5) is 20.3 Å². The molecule has 330 valence electrons. The number of hydrogen-bond donors (Lipinski definition) is 2. The molecule has 4 amide bonds. The molecule has 6 aliphatic heterocycles. The van der Waals surface area contributed by atoms with Crippen LogP contribution in [0, 0.1) is 29.6 Å². The lowest BCUT2D eigenvalue weighted by molar-refractivity contribution is -0.139. The lowest BCUT2D eigenvalue weighted by Gasteiger charge is -2.36. The molecular formula is C45H50F2N10O6. The van der Waals surface area contributed by atoms with E-state index in [1.165, 1.54) is 10.7 Å². The van der Waals surface area contributed by atoms with Crippen LogP contribution in [0.25, 0.3) is 5.65 Å². The van der Waals surface area contributed by atoms with Gasteiger partial charge in [0.05, 0.1) is 42.9 Å². The number of fused-ring (bicyclic) bond motifs is 4. The van der Waals surface area contributed by atoms with Crippen molar-refractivity contribution < 1.29 is 37.4 Å². The molecule has 8 heterocycles. The average Bonchev–Trinajstić information content (AvgIpc) is 4.13. The van der Waals surface area contributed by atoms with Crippen LogP contribution in [-0.2, 0) is 23.9 Å². The highest BCUT2D eigenvalue weighted by atomic mass is 19.3. The highest BCUT2D eigenvalue weighted by Crippen LogP contribution is 2.43. The quantitative estimate of drug-likeness (QED) is 0.240. The van der Waals surface area contributed by atoms with Gasteiger partial charge >= 0.3 is 0 Å². The molecule has 0 radical (unpaired) electrons. The number of hydrogen-bond acceptors (Lipinski definition) is 12. The summed E-state index contributed by atoms with van der Waals surface area (Å²) < 4.78 is 41.9. The molecule has 16 nitrogen and oxygen atoms in total. The van der Waals surface area contributed by atoms with E-state index in [1.54, 1.807) is 18.1 Å². The maximum Gasteiger partial charge on any atom is 0.283 e. The van der Waals surface area contributed by atoms with Crippen molar-refractivity contribution >= 4 is 52.3 Å². The molecule has 63 heavy (non-hydrogen) atoms. The van der Waals surface area contributed by atoms with Crippen molar-refractivity contribution in [3.8, 4) is 11.8 Å². The van der Waals surface area contributed by atoms with Crippen molar-refractivity contribution in [2.24, 2.45) is 27.7 Å². The van der Waals surface area contributed by atoms with Crippen molar-refractivity contribution in [2.45, 2.75) is 94.5 Å². The van der Waals surface area contributed by atoms with E-state index in [4.69, 9.17) is 14.5 Å². The highest BCUT2D eigenvalue weighted by molar-refractivity contribution is 6.46. The summed E-state index contributed by atoms with van der Waals surface area (Å²) in [6, 6.07) is 7.70. The van der Waals surface area contributed by atoms with Crippen LogP contribution in [0.15, 0.2) is 46.6 Å². The second-order valence-electron chi connectivity index (χ2n) is 17.9. The normalized spacial score (nSPS) is 28.6. The molecule has 3 unspecified atom stereocenters. The Labute approximate surface area is 362 Å². The number of likely N-dealkylation sites (N-methyl/N-ethyl adjacent to an activating group) is 1. The summed E-state index contributed by atoms with van der Waals surface area (Å²) in [6.45, 7) is 4.46. The minimum Gasteiger partial charge on any atom is -0.374 e. The molecule has 1 saturated carbocycles. The summed E-state index contributed by atoms with van der Waals surface area (Å²) in [4.78, 5) is 70.9. The molecule has 3 aromatic rings. The first-order chi connectivity index (χ1) is 30.6. The third kappa shape index (κ3) is 8.22. The van der Waals surface area contributed by atoms with E-state index in [1.807, 2.05) is 24.3 Å². The van der Waals surface area contributed by atoms with Crippen molar-refractivity contribution in [3.63, 3.8) is 0 Å². The first kappa shape index (κ1) is 41.4. The number of morpholine rings is 1. The Balaban J connectivity index is 0.680. The standard InChI is InChI=1S/C45H50F2N10O6/c1-54-34-10-6-25(19-32(34)37(45(54)61)31-9-11-36(58)50-43(31)59)3-2-18-62-29-12-15-55(16-13-29)22-26-4-7-27(8-5-26)40-51-38(39(46)47)41(52-40)53-44(60)33-21-48-57-17-14-35(49-42(33)57)56-23-30-20-28(56)24-63-30/h6,10,14,17,19,21,26-31,37,39-40H,4-5,7-9,11-13,15-16,18,20,22-24H2,1H3,(H,50,58,59)(H,52,53,60)/t26?,27?,28-,30-,31?,37?,40?/m1/s1. The fourth-order valence-electron chi connectivity index (χ4n) is 10.6. The van der Waals surface area contributed by atoms with Gasteiger partial charge in [-0.05, 0) is 87.1 Å².